The normalized spacial score (nSPS) is 7.11. The van der Waals surface area contributed by atoms with E-state index in [1.54, 1.807) is 6.92 Å². The Morgan fingerprint density at radius 1 is 1.06 bits per heavy atom. The number of halogens is 1. The number of terminal acetylenes is 1. The lowest BCUT2D eigenvalue weighted by molar-refractivity contribution is 0.605. The smallest absolute Gasteiger partial charge is 0.108 e. The Morgan fingerprint density at radius 3 is 1.39 bits per heavy atom. The zero-order valence-corrected chi connectivity index (χ0v) is 14.3. The van der Waals surface area contributed by atoms with E-state index in [9.17, 15) is 4.39 Å². The van der Waals surface area contributed by atoms with Gasteiger partial charge in [-0.3, -0.25) is 0 Å². The van der Waals surface area contributed by atoms with Gasteiger partial charge in [-0.2, -0.15) is 0 Å². The molecule has 0 bridgehead atoms. The molecule has 0 atom stereocenters. The molecule has 0 saturated heterocycles. The molecule has 0 aromatic heterocycles. The predicted octanol–water partition coefficient (Wildman–Crippen LogP) is 6.93. The fraction of sp³-hybridized carbons (Fsp3) is 0.647. The maximum atomic E-state index is 11.9. The van der Waals surface area contributed by atoms with Crippen molar-refractivity contribution in [1.82, 2.24) is 0 Å². The summed E-state index contributed by atoms with van der Waals surface area (Å²) in [5.41, 5.74) is 1.38. The lowest BCUT2D eigenvalue weighted by Crippen LogP contribution is -1.63. The molecule has 0 spiro atoms. The summed E-state index contributed by atoms with van der Waals surface area (Å²) in [5, 5.41) is 0. The molecule has 0 N–H and O–H groups in total. The molecule has 0 fully saturated rings. The second kappa shape index (κ2) is 44.5. The average molecular weight is 258 g/mol. The van der Waals surface area contributed by atoms with Crippen LogP contribution in [-0.2, 0) is 0 Å². The van der Waals surface area contributed by atoms with Gasteiger partial charge in [0.1, 0.15) is 5.83 Å². The van der Waals surface area contributed by atoms with Gasteiger partial charge in [-0.05, 0) is 27.2 Å². The molecule has 0 rings (SSSR count). The molecule has 0 radical (unpaired) electrons. The van der Waals surface area contributed by atoms with Crippen LogP contribution < -0.4 is 0 Å². The fourth-order valence-corrected chi connectivity index (χ4v) is 0.192. The largest absolute Gasteiger partial charge is 0.211 e. The summed E-state index contributed by atoms with van der Waals surface area (Å²) in [6.45, 7) is 19.9. The molecule has 18 heavy (non-hydrogen) atoms. The number of hydrogen-bond donors (Lipinski definition) is 0. The Kier molecular flexibility index (Phi) is 74.6. The minimum absolute atomic E-state index is 0.234. The molecule has 0 heterocycles. The van der Waals surface area contributed by atoms with Crippen LogP contribution in [-0.4, -0.2) is 0 Å². The highest BCUT2D eigenvalue weighted by atomic mass is 19.1. The number of allylic oxidation sites excluding steroid dienone is 4. The van der Waals surface area contributed by atoms with Gasteiger partial charge in [0.05, 0.1) is 0 Å². The van der Waals surface area contributed by atoms with E-state index in [-0.39, 0.29) is 5.83 Å². The summed E-state index contributed by atoms with van der Waals surface area (Å²) >= 11 is 0. The molecule has 0 aliphatic heterocycles. The van der Waals surface area contributed by atoms with Crippen molar-refractivity contribution in [3.05, 3.63) is 23.6 Å². The summed E-state index contributed by atoms with van der Waals surface area (Å²) in [6, 6.07) is 0. The molecule has 110 valence electrons. The van der Waals surface area contributed by atoms with E-state index < -0.39 is 0 Å². The van der Waals surface area contributed by atoms with E-state index >= 15 is 0 Å². The van der Waals surface area contributed by atoms with E-state index in [1.165, 1.54) is 5.57 Å². The van der Waals surface area contributed by atoms with E-state index in [1.807, 2.05) is 48.5 Å². The molecule has 0 saturated carbocycles. The van der Waals surface area contributed by atoms with Gasteiger partial charge >= 0.3 is 0 Å². The van der Waals surface area contributed by atoms with Crippen LogP contribution in [0.1, 0.15) is 75.7 Å². The Balaban J connectivity index is -0.0000000451. The standard InChI is InChI=1S/C6H7F.C5H10.3C2H6/c1-3-5-6(7)4-2;1-4-5(2)3;3*1-2/h1,5H,4H2,2H3;4H,1-3H3;3*1-2H3/b6-5-;;;;. The summed E-state index contributed by atoms with van der Waals surface area (Å²) < 4.78 is 11.9. The van der Waals surface area contributed by atoms with Gasteiger partial charge in [-0.1, -0.05) is 66.0 Å². The molecular formula is C17H35F. The Morgan fingerprint density at radius 2 is 1.33 bits per heavy atom. The van der Waals surface area contributed by atoms with Crippen molar-refractivity contribution < 1.29 is 4.39 Å². The number of rotatable bonds is 1. The topological polar surface area (TPSA) is 0 Å². The van der Waals surface area contributed by atoms with Crippen LogP contribution >= 0.6 is 0 Å². The first kappa shape index (κ1) is 30.2. The van der Waals surface area contributed by atoms with Crippen molar-refractivity contribution in [1.29, 1.82) is 0 Å². The van der Waals surface area contributed by atoms with Crippen LogP contribution in [0.5, 0.6) is 0 Å². The van der Waals surface area contributed by atoms with Crippen molar-refractivity contribution in [3.8, 4) is 12.3 Å². The van der Waals surface area contributed by atoms with Crippen molar-refractivity contribution in [2.24, 2.45) is 0 Å². The molecular weight excluding hydrogens is 223 g/mol. The summed E-state index contributed by atoms with van der Waals surface area (Å²) in [7, 11) is 0. The second-order valence-electron chi connectivity index (χ2n) is 2.48. The van der Waals surface area contributed by atoms with Crippen LogP contribution in [0.3, 0.4) is 0 Å². The third-order valence-electron chi connectivity index (χ3n) is 1.16. The predicted molar refractivity (Wildman–Crippen MR) is 87.5 cm³/mol. The zero-order valence-electron chi connectivity index (χ0n) is 14.3. The Labute approximate surface area is 116 Å². The van der Waals surface area contributed by atoms with Crippen LogP contribution in [0.2, 0.25) is 0 Å². The zero-order chi connectivity index (χ0) is 16.0. The highest BCUT2D eigenvalue weighted by Crippen LogP contribution is 1.98. The minimum atomic E-state index is -0.234. The van der Waals surface area contributed by atoms with Crippen molar-refractivity contribution in [2.45, 2.75) is 75.7 Å². The lowest BCUT2D eigenvalue weighted by atomic mass is 10.3. The first-order valence-electron chi connectivity index (χ1n) is 6.98. The first-order chi connectivity index (χ1) is 8.58. The molecule has 0 aromatic rings. The van der Waals surface area contributed by atoms with Crippen LogP contribution in [0.25, 0.3) is 0 Å². The highest BCUT2D eigenvalue weighted by Gasteiger charge is 1.81. The molecule has 1 heteroatoms. The van der Waals surface area contributed by atoms with Crippen molar-refractivity contribution in [2.75, 3.05) is 0 Å². The molecule has 0 amide bonds. The third kappa shape index (κ3) is 82.0. The first-order valence-corrected chi connectivity index (χ1v) is 6.98. The SMILES string of the molecule is C#C/C=C(\F)CC.CC.CC.CC.CC=C(C)C. The molecule has 0 aliphatic carbocycles. The van der Waals surface area contributed by atoms with E-state index in [0.717, 1.165) is 6.08 Å². The summed E-state index contributed by atoms with van der Waals surface area (Å²) in [4.78, 5) is 0. The quantitative estimate of drug-likeness (QED) is 0.353. The van der Waals surface area contributed by atoms with Crippen molar-refractivity contribution in [3.63, 3.8) is 0 Å². The van der Waals surface area contributed by atoms with Crippen LogP contribution in [0.15, 0.2) is 23.6 Å². The Hall–Kier alpha value is -1.03. The molecule has 0 nitrogen and oxygen atoms in total. The third-order valence-corrected chi connectivity index (χ3v) is 1.16. The average Bonchev–Trinajstić information content (AvgIpc) is 2.46. The summed E-state index contributed by atoms with van der Waals surface area (Å²) in [6.07, 6.45) is 8.34. The lowest BCUT2D eigenvalue weighted by Gasteiger charge is -1.79. The maximum absolute atomic E-state index is 11.9. The van der Waals surface area contributed by atoms with Gasteiger partial charge in [0, 0.05) is 6.08 Å². The summed E-state index contributed by atoms with van der Waals surface area (Å²) in [5.74, 6) is 1.85. The van der Waals surface area contributed by atoms with Crippen molar-refractivity contribution >= 4 is 0 Å². The van der Waals surface area contributed by atoms with Gasteiger partial charge in [0.25, 0.3) is 0 Å². The number of hydrogen-bond acceptors (Lipinski definition) is 0. The Bertz CT molecular complexity index is 188. The van der Waals surface area contributed by atoms with Crippen LogP contribution in [0.4, 0.5) is 4.39 Å². The van der Waals surface area contributed by atoms with Gasteiger partial charge < -0.3 is 0 Å². The minimum Gasteiger partial charge on any atom is -0.211 e. The van der Waals surface area contributed by atoms with E-state index in [4.69, 9.17) is 6.42 Å². The van der Waals surface area contributed by atoms with Gasteiger partial charge in [0.2, 0.25) is 0 Å². The van der Waals surface area contributed by atoms with Crippen LogP contribution in [0, 0.1) is 12.3 Å². The molecule has 0 aliphatic rings. The fourth-order valence-electron chi connectivity index (χ4n) is 0.192. The van der Waals surface area contributed by atoms with E-state index in [2.05, 4.69) is 25.8 Å². The van der Waals surface area contributed by atoms with Gasteiger partial charge in [-0.25, -0.2) is 4.39 Å². The second-order valence-corrected chi connectivity index (χ2v) is 2.48. The highest BCUT2D eigenvalue weighted by molar-refractivity contribution is 5.12. The van der Waals surface area contributed by atoms with E-state index in [0.29, 0.717) is 6.42 Å². The van der Waals surface area contributed by atoms with Gasteiger partial charge in [-0.15, -0.1) is 6.42 Å². The molecule has 0 unspecified atom stereocenters. The monoisotopic (exact) mass is 258 g/mol. The maximum Gasteiger partial charge on any atom is 0.108 e. The molecule has 0 aromatic carbocycles. The van der Waals surface area contributed by atoms with Gasteiger partial charge in [0.15, 0.2) is 0 Å².